The van der Waals surface area contributed by atoms with Gasteiger partial charge in [0.1, 0.15) is 0 Å². The van der Waals surface area contributed by atoms with Crippen LogP contribution in [0.25, 0.3) is 0 Å². The molecular weight excluding hydrogens is 374 g/mol. The first-order valence-electron chi connectivity index (χ1n) is 6.10. The minimum atomic E-state index is -1.15. The lowest BCUT2D eigenvalue weighted by Gasteiger charge is -2.13. The van der Waals surface area contributed by atoms with Crippen molar-refractivity contribution in [2.75, 3.05) is 12.4 Å². The number of carbonyl (C=O) groups is 2. The molecule has 0 aromatic heterocycles. The first-order chi connectivity index (χ1) is 10.4. The van der Waals surface area contributed by atoms with E-state index in [-0.39, 0.29) is 22.0 Å². The lowest BCUT2D eigenvalue weighted by molar-refractivity contribution is 0.0696. The normalized spacial score (nSPS) is 10.1. The largest absolute Gasteiger partial charge is 0.493 e. The number of carboxylic acid groups (broad SMARTS) is 1. The van der Waals surface area contributed by atoms with Gasteiger partial charge in [0.05, 0.1) is 23.4 Å². The van der Waals surface area contributed by atoms with Gasteiger partial charge in [0.2, 0.25) is 0 Å². The van der Waals surface area contributed by atoms with Crippen LogP contribution >= 0.6 is 27.5 Å². The molecule has 0 atom stereocenters. The molecule has 2 aromatic carbocycles. The minimum Gasteiger partial charge on any atom is -0.493 e. The molecule has 7 heteroatoms. The molecule has 0 radical (unpaired) electrons. The number of methoxy groups -OCH3 is 1. The standard InChI is InChI=1S/C15H11BrClNO4/c1-22-13-11(17)6-9(15(20)21)7-12(13)18-14(19)8-2-4-10(16)5-3-8/h2-7H,1H3,(H,18,19)(H,20,21). The summed E-state index contributed by atoms with van der Waals surface area (Å²) in [5, 5.41) is 11.8. The molecule has 0 saturated carbocycles. The second kappa shape index (κ2) is 6.81. The Morgan fingerprint density at radius 3 is 2.36 bits per heavy atom. The van der Waals surface area contributed by atoms with E-state index in [4.69, 9.17) is 21.4 Å². The topological polar surface area (TPSA) is 75.6 Å². The van der Waals surface area contributed by atoms with E-state index < -0.39 is 11.9 Å². The Kier molecular flexibility index (Phi) is 5.05. The van der Waals surface area contributed by atoms with E-state index in [1.165, 1.54) is 19.2 Å². The van der Waals surface area contributed by atoms with E-state index in [9.17, 15) is 9.59 Å². The van der Waals surface area contributed by atoms with Gasteiger partial charge in [-0.05, 0) is 36.4 Å². The maximum absolute atomic E-state index is 12.2. The lowest BCUT2D eigenvalue weighted by Crippen LogP contribution is -2.13. The Hall–Kier alpha value is -2.05. The molecule has 2 N–H and O–H groups in total. The summed E-state index contributed by atoms with van der Waals surface area (Å²) in [6.07, 6.45) is 0. The molecule has 5 nitrogen and oxygen atoms in total. The van der Waals surface area contributed by atoms with Crippen molar-refractivity contribution in [3.63, 3.8) is 0 Å². The van der Waals surface area contributed by atoms with Crippen molar-refractivity contribution in [2.24, 2.45) is 0 Å². The van der Waals surface area contributed by atoms with Gasteiger partial charge in [0.25, 0.3) is 5.91 Å². The van der Waals surface area contributed by atoms with Gasteiger partial charge in [-0.1, -0.05) is 27.5 Å². The van der Waals surface area contributed by atoms with Gasteiger partial charge in [0.15, 0.2) is 5.75 Å². The van der Waals surface area contributed by atoms with E-state index in [1.54, 1.807) is 24.3 Å². The van der Waals surface area contributed by atoms with Crippen LogP contribution in [-0.4, -0.2) is 24.1 Å². The first kappa shape index (κ1) is 16.3. The van der Waals surface area contributed by atoms with Crippen molar-refractivity contribution >= 4 is 45.1 Å². The van der Waals surface area contributed by atoms with Crippen molar-refractivity contribution < 1.29 is 19.4 Å². The summed E-state index contributed by atoms with van der Waals surface area (Å²) in [6, 6.07) is 9.28. The number of nitrogens with one attached hydrogen (secondary N) is 1. The summed E-state index contributed by atoms with van der Waals surface area (Å²) in [5.74, 6) is -1.34. The molecular formula is C15H11BrClNO4. The summed E-state index contributed by atoms with van der Waals surface area (Å²) in [5.41, 5.74) is 0.569. The number of hydrogen-bond donors (Lipinski definition) is 2. The molecule has 1 amide bonds. The van der Waals surface area contributed by atoms with Crippen molar-refractivity contribution in [3.8, 4) is 5.75 Å². The monoisotopic (exact) mass is 383 g/mol. The number of rotatable bonds is 4. The zero-order valence-corrected chi connectivity index (χ0v) is 13.7. The highest BCUT2D eigenvalue weighted by Gasteiger charge is 2.16. The number of amides is 1. The Labute approximate surface area is 140 Å². The zero-order valence-electron chi connectivity index (χ0n) is 11.4. The van der Waals surface area contributed by atoms with Crippen LogP contribution in [0.15, 0.2) is 40.9 Å². The number of anilines is 1. The average Bonchev–Trinajstić information content (AvgIpc) is 2.47. The molecule has 0 aliphatic rings. The number of benzene rings is 2. The summed E-state index contributed by atoms with van der Waals surface area (Å²) >= 11 is 9.27. The zero-order chi connectivity index (χ0) is 16.3. The van der Waals surface area contributed by atoms with Gasteiger partial charge in [-0.15, -0.1) is 0 Å². The summed E-state index contributed by atoms with van der Waals surface area (Å²) in [7, 11) is 1.39. The Balaban J connectivity index is 2.37. The van der Waals surface area contributed by atoms with Crippen LogP contribution in [0.4, 0.5) is 5.69 Å². The van der Waals surface area contributed by atoms with Crippen molar-refractivity contribution in [3.05, 3.63) is 57.0 Å². The van der Waals surface area contributed by atoms with E-state index in [1.807, 2.05) is 0 Å². The number of ether oxygens (including phenoxy) is 1. The SMILES string of the molecule is COc1c(Cl)cc(C(=O)O)cc1NC(=O)c1ccc(Br)cc1. The van der Waals surface area contributed by atoms with Crippen LogP contribution in [0.1, 0.15) is 20.7 Å². The van der Waals surface area contributed by atoms with Gasteiger partial charge < -0.3 is 15.2 Å². The number of hydrogen-bond acceptors (Lipinski definition) is 3. The summed E-state index contributed by atoms with van der Waals surface area (Å²) in [4.78, 5) is 23.3. The third kappa shape index (κ3) is 3.58. The molecule has 114 valence electrons. The second-order valence-electron chi connectivity index (χ2n) is 4.31. The molecule has 0 heterocycles. The Morgan fingerprint density at radius 2 is 1.82 bits per heavy atom. The highest BCUT2D eigenvalue weighted by atomic mass is 79.9. The van der Waals surface area contributed by atoms with E-state index >= 15 is 0 Å². The van der Waals surface area contributed by atoms with Gasteiger partial charge in [-0.25, -0.2) is 4.79 Å². The van der Waals surface area contributed by atoms with Crippen LogP contribution in [-0.2, 0) is 0 Å². The molecule has 0 saturated heterocycles. The second-order valence-corrected chi connectivity index (χ2v) is 5.63. The van der Waals surface area contributed by atoms with Gasteiger partial charge in [0, 0.05) is 10.0 Å². The number of carbonyl (C=O) groups excluding carboxylic acids is 1. The molecule has 0 bridgehead atoms. The van der Waals surface area contributed by atoms with Crippen LogP contribution in [0.3, 0.4) is 0 Å². The smallest absolute Gasteiger partial charge is 0.335 e. The van der Waals surface area contributed by atoms with Gasteiger partial charge in [-0.2, -0.15) is 0 Å². The lowest BCUT2D eigenvalue weighted by atomic mass is 10.1. The maximum Gasteiger partial charge on any atom is 0.335 e. The molecule has 0 aliphatic carbocycles. The van der Waals surface area contributed by atoms with Gasteiger partial charge >= 0.3 is 5.97 Å². The predicted octanol–water partition coefficient (Wildman–Crippen LogP) is 4.06. The Bertz CT molecular complexity index is 731. The van der Waals surface area contributed by atoms with Crippen molar-refractivity contribution in [2.45, 2.75) is 0 Å². The fraction of sp³-hybridized carbons (Fsp3) is 0.0667. The van der Waals surface area contributed by atoms with Crippen LogP contribution < -0.4 is 10.1 Å². The van der Waals surface area contributed by atoms with E-state index in [2.05, 4.69) is 21.2 Å². The third-order valence-corrected chi connectivity index (χ3v) is 3.66. The molecule has 0 fully saturated rings. The number of aromatic carboxylic acids is 1. The van der Waals surface area contributed by atoms with Gasteiger partial charge in [-0.3, -0.25) is 4.79 Å². The third-order valence-electron chi connectivity index (χ3n) is 2.85. The Morgan fingerprint density at radius 1 is 1.18 bits per heavy atom. The quantitative estimate of drug-likeness (QED) is 0.833. The first-order valence-corrected chi connectivity index (χ1v) is 7.27. The van der Waals surface area contributed by atoms with Crippen molar-refractivity contribution in [1.29, 1.82) is 0 Å². The predicted molar refractivity (Wildman–Crippen MR) is 87.1 cm³/mol. The summed E-state index contributed by atoms with van der Waals surface area (Å²) < 4.78 is 5.96. The maximum atomic E-state index is 12.2. The highest BCUT2D eigenvalue weighted by Crippen LogP contribution is 2.34. The number of carboxylic acids is 1. The molecule has 0 unspecified atom stereocenters. The fourth-order valence-electron chi connectivity index (χ4n) is 1.81. The van der Waals surface area contributed by atoms with Crippen molar-refractivity contribution in [1.82, 2.24) is 0 Å². The van der Waals surface area contributed by atoms with Crippen LogP contribution in [0.2, 0.25) is 5.02 Å². The minimum absolute atomic E-state index is 0.0445. The molecule has 2 aromatic rings. The molecule has 22 heavy (non-hydrogen) atoms. The van der Waals surface area contributed by atoms with E-state index in [0.717, 1.165) is 4.47 Å². The van der Waals surface area contributed by atoms with Crippen LogP contribution in [0.5, 0.6) is 5.75 Å². The average molecular weight is 385 g/mol. The highest BCUT2D eigenvalue weighted by molar-refractivity contribution is 9.10. The summed E-state index contributed by atoms with van der Waals surface area (Å²) in [6.45, 7) is 0. The number of halogens is 2. The molecule has 0 spiro atoms. The fourth-order valence-corrected chi connectivity index (χ4v) is 2.37. The molecule has 2 rings (SSSR count). The molecule has 0 aliphatic heterocycles. The van der Waals surface area contributed by atoms with E-state index in [0.29, 0.717) is 5.56 Å². The van der Waals surface area contributed by atoms with Crippen LogP contribution in [0, 0.1) is 0 Å².